The summed E-state index contributed by atoms with van der Waals surface area (Å²) in [6, 6.07) is 88.4. The van der Waals surface area contributed by atoms with Crippen molar-refractivity contribution < 1.29 is 0 Å². The van der Waals surface area contributed by atoms with Crippen LogP contribution in [0.15, 0.2) is 243 Å². The van der Waals surface area contributed by atoms with Crippen LogP contribution in [0.25, 0.3) is 92.2 Å². The fraction of sp³-hybridized carbons (Fsp3) is 0. The van der Waals surface area contributed by atoms with E-state index in [9.17, 15) is 0 Å². The fourth-order valence-electron chi connectivity index (χ4n) is 9.46. The number of benzene rings is 10. The van der Waals surface area contributed by atoms with Crippen LogP contribution in [0, 0.1) is 0 Å². The van der Waals surface area contributed by atoms with Gasteiger partial charge in [-0.3, -0.25) is 0 Å². The topological polar surface area (TPSA) is 8.17 Å². The van der Waals surface area contributed by atoms with Crippen LogP contribution in [0.3, 0.4) is 0 Å². The smallest absolute Gasteiger partial charge is 0.0562 e. The maximum Gasteiger partial charge on any atom is 0.0562 e. The summed E-state index contributed by atoms with van der Waals surface area (Å²) in [6.45, 7) is 0. The largest absolute Gasteiger partial charge is 0.310 e. The Hall–Kier alpha value is -7.98. The fourth-order valence-corrected chi connectivity index (χ4v) is 10.7. The Bertz CT molecular complexity index is 3600. The lowest BCUT2D eigenvalue weighted by Crippen LogP contribution is -2.11. The van der Waals surface area contributed by atoms with Gasteiger partial charge in [0.05, 0.1) is 22.4 Å². The predicted octanol–water partition coefficient (Wildman–Crippen LogP) is 17.3. The average molecular weight is 821 g/mol. The highest BCUT2D eigenvalue weighted by molar-refractivity contribution is 7.26. The molecule has 2 aromatic heterocycles. The van der Waals surface area contributed by atoms with Gasteiger partial charge in [0, 0.05) is 59.0 Å². The molecule has 0 aliphatic heterocycles. The Morgan fingerprint density at radius 1 is 0.317 bits per heavy atom. The average Bonchev–Trinajstić information content (AvgIpc) is 3.91. The van der Waals surface area contributed by atoms with Crippen molar-refractivity contribution in [3.05, 3.63) is 243 Å². The Labute approximate surface area is 370 Å². The molecule has 0 spiro atoms. The molecule has 0 saturated heterocycles. The molecule has 0 radical (unpaired) electrons. The van der Waals surface area contributed by atoms with Crippen molar-refractivity contribution in [3.63, 3.8) is 0 Å². The number of para-hydroxylation sites is 3. The molecule has 296 valence electrons. The SMILES string of the molecule is c1ccc(-c2ccc(-c3ccccc3-n3c4ccccc4c4ccc(N(c5ccc(-c6ccccc6)cc5)c5ccccc5-c5cccc6c5sc5ccccc56)cc43)cc2)cc1. The number of hydrogen-bond acceptors (Lipinski definition) is 2. The second-order valence-electron chi connectivity index (χ2n) is 16.1. The van der Waals surface area contributed by atoms with E-state index in [1.165, 1.54) is 81.0 Å². The molecule has 0 N–H and O–H groups in total. The molecule has 0 aliphatic carbocycles. The van der Waals surface area contributed by atoms with E-state index in [2.05, 4.69) is 252 Å². The van der Waals surface area contributed by atoms with Crippen LogP contribution in [-0.4, -0.2) is 4.57 Å². The third-order valence-electron chi connectivity index (χ3n) is 12.4. The van der Waals surface area contributed by atoms with Gasteiger partial charge in [-0.1, -0.05) is 194 Å². The zero-order chi connectivity index (χ0) is 41.7. The molecule has 0 amide bonds. The zero-order valence-electron chi connectivity index (χ0n) is 34.4. The highest BCUT2D eigenvalue weighted by Gasteiger charge is 2.22. The number of hydrogen-bond donors (Lipinski definition) is 0. The van der Waals surface area contributed by atoms with Crippen LogP contribution in [0.1, 0.15) is 0 Å². The first kappa shape index (κ1) is 36.8. The van der Waals surface area contributed by atoms with Gasteiger partial charge in [0.2, 0.25) is 0 Å². The monoisotopic (exact) mass is 820 g/mol. The summed E-state index contributed by atoms with van der Waals surface area (Å²) in [5.41, 5.74) is 16.4. The number of thiophene rings is 1. The van der Waals surface area contributed by atoms with Crippen molar-refractivity contribution in [1.29, 1.82) is 0 Å². The van der Waals surface area contributed by atoms with Crippen LogP contribution in [0.4, 0.5) is 17.1 Å². The van der Waals surface area contributed by atoms with Crippen molar-refractivity contribution in [2.24, 2.45) is 0 Å². The lowest BCUT2D eigenvalue weighted by molar-refractivity contribution is 1.18. The van der Waals surface area contributed by atoms with Gasteiger partial charge in [0.1, 0.15) is 0 Å². The summed E-state index contributed by atoms with van der Waals surface area (Å²) in [4.78, 5) is 2.45. The van der Waals surface area contributed by atoms with Gasteiger partial charge < -0.3 is 9.47 Å². The second kappa shape index (κ2) is 15.5. The highest BCUT2D eigenvalue weighted by atomic mass is 32.1. The summed E-state index contributed by atoms with van der Waals surface area (Å²) in [7, 11) is 0. The lowest BCUT2D eigenvalue weighted by atomic mass is 9.99. The molecule has 0 aliphatic rings. The Balaban J connectivity index is 1.07. The summed E-state index contributed by atoms with van der Waals surface area (Å²) < 4.78 is 5.07. The van der Waals surface area contributed by atoms with Crippen molar-refractivity contribution in [2.45, 2.75) is 0 Å². The van der Waals surface area contributed by atoms with Gasteiger partial charge in [0.25, 0.3) is 0 Å². The molecule has 3 heteroatoms. The number of anilines is 3. The van der Waals surface area contributed by atoms with Gasteiger partial charge in [-0.25, -0.2) is 0 Å². The van der Waals surface area contributed by atoms with E-state index >= 15 is 0 Å². The van der Waals surface area contributed by atoms with Gasteiger partial charge in [0.15, 0.2) is 0 Å². The summed E-state index contributed by atoms with van der Waals surface area (Å²) in [6.07, 6.45) is 0. The van der Waals surface area contributed by atoms with E-state index in [1.807, 2.05) is 11.3 Å². The van der Waals surface area contributed by atoms with Crippen LogP contribution >= 0.6 is 11.3 Å². The van der Waals surface area contributed by atoms with E-state index in [4.69, 9.17) is 0 Å². The third-order valence-corrected chi connectivity index (χ3v) is 13.7. The summed E-state index contributed by atoms with van der Waals surface area (Å²) in [5, 5.41) is 5.03. The Kier molecular flexibility index (Phi) is 9.06. The predicted molar refractivity (Wildman–Crippen MR) is 270 cm³/mol. The summed E-state index contributed by atoms with van der Waals surface area (Å²) >= 11 is 1.88. The molecule has 0 unspecified atom stereocenters. The van der Waals surface area contributed by atoms with Crippen molar-refractivity contribution in [1.82, 2.24) is 4.57 Å². The van der Waals surface area contributed by atoms with Crippen molar-refractivity contribution in [2.75, 3.05) is 4.90 Å². The van der Waals surface area contributed by atoms with E-state index in [-0.39, 0.29) is 0 Å². The molecule has 12 rings (SSSR count). The minimum absolute atomic E-state index is 1.08. The van der Waals surface area contributed by atoms with E-state index < -0.39 is 0 Å². The van der Waals surface area contributed by atoms with Gasteiger partial charge >= 0.3 is 0 Å². The standard InChI is InChI=1S/C60H40N2S/c1-3-16-41(17-4-1)43-30-32-45(33-31-43)48-20-7-11-26-55(48)62-57-28-13-8-21-49(57)51-39-38-47(40-58(51)62)61(46-36-34-44(35-37-46)42-18-5-2-6-19-42)56-27-12-9-22-50(56)53-24-15-25-54-52-23-10-14-29-59(52)63-60(53)54/h1-40H. The van der Waals surface area contributed by atoms with Gasteiger partial charge in [-0.05, 0) is 76.3 Å². The first-order chi connectivity index (χ1) is 31.3. The Morgan fingerprint density at radius 3 is 1.60 bits per heavy atom. The van der Waals surface area contributed by atoms with E-state index in [1.54, 1.807) is 0 Å². The van der Waals surface area contributed by atoms with Crippen molar-refractivity contribution >= 4 is 70.4 Å². The van der Waals surface area contributed by atoms with E-state index in [0.29, 0.717) is 0 Å². The van der Waals surface area contributed by atoms with Gasteiger partial charge in [-0.2, -0.15) is 0 Å². The molecule has 0 saturated carbocycles. The number of aromatic nitrogens is 1. The van der Waals surface area contributed by atoms with Crippen molar-refractivity contribution in [3.8, 4) is 50.2 Å². The minimum Gasteiger partial charge on any atom is -0.310 e. The number of fused-ring (bicyclic) bond motifs is 6. The Morgan fingerprint density at radius 2 is 0.841 bits per heavy atom. The zero-order valence-corrected chi connectivity index (χ0v) is 35.2. The molecule has 2 heterocycles. The van der Waals surface area contributed by atoms with Crippen LogP contribution < -0.4 is 4.90 Å². The molecular weight excluding hydrogens is 781 g/mol. The molecule has 2 nitrogen and oxygen atoms in total. The maximum atomic E-state index is 2.47. The van der Waals surface area contributed by atoms with Crippen LogP contribution in [-0.2, 0) is 0 Å². The first-order valence-electron chi connectivity index (χ1n) is 21.5. The summed E-state index contributed by atoms with van der Waals surface area (Å²) in [5.74, 6) is 0. The third kappa shape index (κ3) is 6.41. The molecule has 12 aromatic rings. The van der Waals surface area contributed by atoms with E-state index in [0.717, 1.165) is 28.3 Å². The maximum absolute atomic E-state index is 2.47. The number of nitrogens with zero attached hydrogens (tertiary/aromatic N) is 2. The molecule has 10 aromatic carbocycles. The molecular formula is C60H40N2S. The van der Waals surface area contributed by atoms with Gasteiger partial charge in [-0.15, -0.1) is 11.3 Å². The molecule has 63 heavy (non-hydrogen) atoms. The quantitative estimate of drug-likeness (QED) is 0.148. The highest BCUT2D eigenvalue weighted by Crippen LogP contribution is 2.47. The molecule has 0 atom stereocenters. The molecule has 0 bridgehead atoms. The van der Waals surface area contributed by atoms with Crippen LogP contribution in [0.2, 0.25) is 0 Å². The minimum atomic E-state index is 1.08. The lowest BCUT2D eigenvalue weighted by Gasteiger charge is -2.28. The second-order valence-corrected chi connectivity index (χ2v) is 17.1. The molecule has 0 fully saturated rings. The normalized spacial score (nSPS) is 11.5. The van der Waals surface area contributed by atoms with Crippen LogP contribution in [0.5, 0.6) is 0 Å². The first-order valence-corrected chi connectivity index (χ1v) is 22.3. The number of rotatable bonds is 8.